The van der Waals surface area contributed by atoms with Crippen LogP contribution in [0.3, 0.4) is 0 Å². The molecule has 5 heteroatoms. The Kier molecular flexibility index (Phi) is 6.76. The van der Waals surface area contributed by atoms with E-state index in [0.717, 1.165) is 5.69 Å². The largest absolute Gasteiger partial charge is 0.464 e. The molecule has 1 aromatic rings. The van der Waals surface area contributed by atoms with Gasteiger partial charge in [0.2, 0.25) is 0 Å². The number of nitrogens with one attached hydrogen (secondary N) is 1. The molecule has 0 aliphatic rings. The SMILES string of the molecule is CCOC(=O)C(C)Nc1ccc(C#N)cc1.Cl. The van der Waals surface area contributed by atoms with Crippen LogP contribution in [-0.4, -0.2) is 18.6 Å². The molecule has 0 bridgehead atoms. The van der Waals surface area contributed by atoms with E-state index in [1.54, 1.807) is 38.1 Å². The number of benzene rings is 1. The topological polar surface area (TPSA) is 62.1 Å². The second kappa shape index (κ2) is 7.53. The Morgan fingerprint density at radius 2 is 2.06 bits per heavy atom. The minimum absolute atomic E-state index is 0. The number of halogens is 1. The van der Waals surface area contributed by atoms with Gasteiger partial charge in [0.25, 0.3) is 0 Å². The molecule has 17 heavy (non-hydrogen) atoms. The molecular weight excluding hydrogens is 240 g/mol. The number of hydrogen-bond donors (Lipinski definition) is 1. The molecular formula is C12H15ClN2O2. The van der Waals surface area contributed by atoms with Crippen molar-refractivity contribution in [1.29, 1.82) is 5.26 Å². The number of rotatable bonds is 4. The predicted molar refractivity (Wildman–Crippen MR) is 68.1 cm³/mol. The molecule has 1 rings (SSSR count). The van der Waals surface area contributed by atoms with E-state index in [1.165, 1.54) is 0 Å². The number of hydrogen-bond acceptors (Lipinski definition) is 4. The Labute approximate surface area is 107 Å². The van der Waals surface area contributed by atoms with E-state index in [1.807, 2.05) is 6.07 Å². The van der Waals surface area contributed by atoms with Crippen LogP contribution in [0.2, 0.25) is 0 Å². The fourth-order valence-electron chi connectivity index (χ4n) is 1.22. The standard InChI is InChI=1S/C12H14N2O2.ClH/c1-3-16-12(15)9(2)14-11-6-4-10(8-13)5-7-11;/h4-7,9,14H,3H2,1-2H3;1H. The molecule has 0 aliphatic heterocycles. The van der Waals surface area contributed by atoms with Crippen LogP contribution in [0.1, 0.15) is 19.4 Å². The zero-order valence-corrected chi connectivity index (χ0v) is 10.6. The van der Waals surface area contributed by atoms with Gasteiger partial charge in [0.1, 0.15) is 6.04 Å². The lowest BCUT2D eigenvalue weighted by Crippen LogP contribution is -2.28. The first-order valence-electron chi connectivity index (χ1n) is 5.10. The van der Waals surface area contributed by atoms with E-state index in [4.69, 9.17) is 10.00 Å². The number of esters is 1. The molecule has 0 spiro atoms. The highest BCUT2D eigenvalue weighted by molar-refractivity contribution is 5.85. The quantitative estimate of drug-likeness (QED) is 0.838. The fraction of sp³-hybridized carbons (Fsp3) is 0.333. The third kappa shape index (κ3) is 4.75. The summed E-state index contributed by atoms with van der Waals surface area (Å²) >= 11 is 0. The van der Waals surface area contributed by atoms with Gasteiger partial charge >= 0.3 is 5.97 Å². The van der Waals surface area contributed by atoms with Gasteiger partial charge in [-0.1, -0.05) is 0 Å². The Hall–Kier alpha value is -1.73. The molecule has 0 fully saturated rings. The van der Waals surface area contributed by atoms with Gasteiger partial charge in [0.15, 0.2) is 0 Å². The molecule has 1 atom stereocenters. The van der Waals surface area contributed by atoms with Crippen LogP contribution < -0.4 is 5.32 Å². The fourth-order valence-corrected chi connectivity index (χ4v) is 1.22. The monoisotopic (exact) mass is 254 g/mol. The van der Waals surface area contributed by atoms with E-state index in [-0.39, 0.29) is 18.4 Å². The molecule has 0 aliphatic carbocycles. The van der Waals surface area contributed by atoms with Crippen molar-refractivity contribution < 1.29 is 9.53 Å². The Morgan fingerprint density at radius 3 is 2.53 bits per heavy atom. The van der Waals surface area contributed by atoms with E-state index in [0.29, 0.717) is 12.2 Å². The van der Waals surface area contributed by atoms with Crippen molar-refractivity contribution in [3.63, 3.8) is 0 Å². The molecule has 0 aromatic heterocycles. The Balaban J connectivity index is 0.00000256. The normalized spacial score (nSPS) is 10.6. The Bertz CT molecular complexity index is 398. The molecule has 4 nitrogen and oxygen atoms in total. The smallest absolute Gasteiger partial charge is 0.328 e. The lowest BCUT2D eigenvalue weighted by atomic mass is 10.2. The van der Waals surface area contributed by atoms with Crippen molar-refractivity contribution in [2.75, 3.05) is 11.9 Å². The number of carbonyl (C=O) groups excluding carboxylic acids is 1. The van der Waals surface area contributed by atoms with Crippen molar-refractivity contribution in [3.05, 3.63) is 29.8 Å². The highest BCUT2D eigenvalue weighted by Crippen LogP contribution is 2.10. The van der Waals surface area contributed by atoms with Crippen LogP contribution in [0.15, 0.2) is 24.3 Å². The first kappa shape index (κ1) is 15.3. The highest BCUT2D eigenvalue weighted by Gasteiger charge is 2.12. The summed E-state index contributed by atoms with van der Waals surface area (Å²) in [6.07, 6.45) is 0. The lowest BCUT2D eigenvalue weighted by Gasteiger charge is -2.13. The van der Waals surface area contributed by atoms with Gasteiger partial charge in [-0.05, 0) is 38.1 Å². The summed E-state index contributed by atoms with van der Waals surface area (Å²) in [6, 6.07) is 8.54. The van der Waals surface area contributed by atoms with E-state index >= 15 is 0 Å². The zero-order valence-electron chi connectivity index (χ0n) is 9.77. The van der Waals surface area contributed by atoms with Crippen LogP contribution in [0.5, 0.6) is 0 Å². The third-order valence-corrected chi connectivity index (χ3v) is 2.04. The summed E-state index contributed by atoms with van der Waals surface area (Å²) in [7, 11) is 0. The number of nitriles is 1. The minimum Gasteiger partial charge on any atom is -0.464 e. The van der Waals surface area contributed by atoms with Crippen LogP contribution in [0, 0.1) is 11.3 Å². The number of carbonyl (C=O) groups is 1. The zero-order chi connectivity index (χ0) is 12.0. The van der Waals surface area contributed by atoms with Gasteiger partial charge in [0, 0.05) is 5.69 Å². The average molecular weight is 255 g/mol. The maximum atomic E-state index is 11.3. The van der Waals surface area contributed by atoms with Crippen LogP contribution in [-0.2, 0) is 9.53 Å². The molecule has 1 N–H and O–H groups in total. The van der Waals surface area contributed by atoms with E-state index < -0.39 is 6.04 Å². The van der Waals surface area contributed by atoms with Gasteiger partial charge in [-0.3, -0.25) is 0 Å². The summed E-state index contributed by atoms with van der Waals surface area (Å²) < 4.78 is 4.87. The number of ether oxygens (including phenoxy) is 1. The van der Waals surface area contributed by atoms with Gasteiger partial charge in [0.05, 0.1) is 18.2 Å². The first-order valence-corrected chi connectivity index (χ1v) is 5.10. The minimum atomic E-state index is -0.395. The third-order valence-electron chi connectivity index (χ3n) is 2.04. The summed E-state index contributed by atoms with van der Waals surface area (Å²) in [6.45, 7) is 3.88. The summed E-state index contributed by atoms with van der Waals surface area (Å²) in [4.78, 5) is 11.3. The van der Waals surface area contributed by atoms with Crippen LogP contribution in [0.4, 0.5) is 5.69 Å². The van der Waals surface area contributed by atoms with E-state index in [2.05, 4.69) is 5.32 Å². The second-order valence-corrected chi connectivity index (χ2v) is 3.31. The summed E-state index contributed by atoms with van der Waals surface area (Å²) in [5, 5.41) is 11.6. The molecule has 1 aromatic carbocycles. The van der Waals surface area contributed by atoms with Gasteiger partial charge in [-0.15, -0.1) is 12.4 Å². The van der Waals surface area contributed by atoms with E-state index in [9.17, 15) is 4.79 Å². The molecule has 0 radical (unpaired) electrons. The lowest BCUT2D eigenvalue weighted by molar-refractivity contribution is -0.143. The molecule has 0 heterocycles. The van der Waals surface area contributed by atoms with Crippen LogP contribution >= 0.6 is 12.4 Å². The number of anilines is 1. The van der Waals surface area contributed by atoms with Gasteiger partial charge in [-0.25, -0.2) is 4.79 Å². The molecule has 0 saturated carbocycles. The Morgan fingerprint density at radius 1 is 1.47 bits per heavy atom. The van der Waals surface area contributed by atoms with Crippen molar-refractivity contribution in [2.24, 2.45) is 0 Å². The molecule has 0 saturated heterocycles. The van der Waals surface area contributed by atoms with Gasteiger partial charge in [-0.2, -0.15) is 5.26 Å². The molecule has 92 valence electrons. The first-order chi connectivity index (χ1) is 7.67. The van der Waals surface area contributed by atoms with Crippen molar-refractivity contribution >= 4 is 24.1 Å². The summed E-state index contributed by atoms with van der Waals surface area (Å²) in [5.74, 6) is -0.285. The molecule has 0 amide bonds. The van der Waals surface area contributed by atoms with Crippen molar-refractivity contribution in [1.82, 2.24) is 0 Å². The van der Waals surface area contributed by atoms with Crippen molar-refractivity contribution in [3.8, 4) is 6.07 Å². The second-order valence-electron chi connectivity index (χ2n) is 3.31. The van der Waals surface area contributed by atoms with Crippen LogP contribution in [0.25, 0.3) is 0 Å². The summed E-state index contributed by atoms with van der Waals surface area (Å²) in [5.41, 5.74) is 1.38. The maximum absolute atomic E-state index is 11.3. The average Bonchev–Trinajstić information content (AvgIpc) is 2.30. The number of nitrogens with zero attached hydrogens (tertiary/aromatic N) is 1. The highest BCUT2D eigenvalue weighted by atomic mass is 35.5. The predicted octanol–water partition coefficient (Wildman–Crippen LogP) is 2.34. The van der Waals surface area contributed by atoms with Crippen molar-refractivity contribution in [2.45, 2.75) is 19.9 Å². The van der Waals surface area contributed by atoms with Gasteiger partial charge < -0.3 is 10.1 Å². The maximum Gasteiger partial charge on any atom is 0.328 e. The molecule has 1 unspecified atom stereocenters.